The van der Waals surface area contributed by atoms with Gasteiger partial charge in [0.1, 0.15) is 11.5 Å². The van der Waals surface area contributed by atoms with E-state index in [1.165, 1.54) is 0 Å². The molecule has 5 heteroatoms. The average molecular weight is 385 g/mol. The second-order valence-corrected chi connectivity index (χ2v) is 6.89. The first-order chi connectivity index (χ1) is 13.0. The van der Waals surface area contributed by atoms with E-state index >= 15 is 0 Å². The van der Waals surface area contributed by atoms with Gasteiger partial charge in [0.15, 0.2) is 0 Å². The Morgan fingerprint density at radius 1 is 1.11 bits per heavy atom. The number of aromatic nitrogens is 1. The van der Waals surface area contributed by atoms with E-state index in [1.54, 1.807) is 26.0 Å². The molecular weight excluding hydrogens is 356 g/mol. The maximum atomic E-state index is 5.49. The van der Waals surface area contributed by atoms with Crippen LogP contribution in [-0.4, -0.2) is 24.2 Å². The Balaban J connectivity index is 0.00000176. The molecule has 4 nitrogen and oxygen atoms in total. The van der Waals surface area contributed by atoms with Gasteiger partial charge in [-0.25, -0.2) is 4.99 Å². The van der Waals surface area contributed by atoms with Crippen molar-refractivity contribution in [3.05, 3.63) is 46.8 Å². The standard InChI is InChI=1S/C20H26N2O2S.C2H2/c1-7-19(22-17-10-16(23-5)9-8-13(17)2)25-12-18-15(4)20(24-6)14(3)11-21-18;1-2/h8-11H,7,12H2,1-6H3;1-2H. The third kappa shape index (κ3) is 6.04. The number of thioether (sulfide) groups is 1. The molecule has 2 aromatic rings. The van der Waals surface area contributed by atoms with Crippen LogP contribution in [0.3, 0.4) is 0 Å². The Kier molecular flexibility index (Phi) is 9.46. The van der Waals surface area contributed by atoms with Crippen molar-refractivity contribution >= 4 is 22.5 Å². The fourth-order valence-electron chi connectivity index (χ4n) is 2.55. The molecule has 0 saturated carbocycles. The van der Waals surface area contributed by atoms with Gasteiger partial charge in [-0.3, -0.25) is 4.98 Å². The lowest BCUT2D eigenvalue weighted by molar-refractivity contribution is 0.407. The lowest BCUT2D eigenvalue weighted by Gasteiger charge is -2.12. The van der Waals surface area contributed by atoms with Crippen LogP contribution in [0.15, 0.2) is 29.4 Å². The van der Waals surface area contributed by atoms with E-state index in [0.29, 0.717) is 0 Å². The summed E-state index contributed by atoms with van der Waals surface area (Å²) in [5.74, 6) is 2.52. The molecule has 0 aliphatic carbocycles. The van der Waals surface area contributed by atoms with E-state index < -0.39 is 0 Å². The molecule has 0 atom stereocenters. The Labute approximate surface area is 167 Å². The number of methoxy groups -OCH3 is 2. The summed E-state index contributed by atoms with van der Waals surface area (Å²) in [7, 11) is 3.38. The third-order valence-corrected chi connectivity index (χ3v) is 5.22. The molecule has 0 fully saturated rings. The SMILES string of the molecule is C#C.CCC(=Nc1cc(OC)ccc1C)SCc1ncc(C)c(OC)c1C. The highest BCUT2D eigenvalue weighted by Gasteiger charge is 2.11. The number of benzene rings is 1. The van der Waals surface area contributed by atoms with Crippen LogP contribution in [0.1, 0.15) is 35.7 Å². The minimum Gasteiger partial charge on any atom is -0.497 e. The first-order valence-corrected chi connectivity index (χ1v) is 9.66. The maximum Gasteiger partial charge on any atom is 0.128 e. The predicted molar refractivity (Wildman–Crippen MR) is 117 cm³/mol. The van der Waals surface area contributed by atoms with Gasteiger partial charge in [0.05, 0.1) is 30.6 Å². The monoisotopic (exact) mass is 384 g/mol. The molecule has 0 bridgehead atoms. The molecule has 0 saturated heterocycles. The van der Waals surface area contributed by atoms with E-state index in [0.717, 1.165) is 56.8 Å². The number of nitrogens with zero attached hydrogens (tertiary/aromatic N) is 2. The Hall–Kier alpha value is -2.45. The van der Waals surface area contributed by atoms with Crippen molar-refractivity contribution in [3.8, 4) is 24.3 Å². The molecule has 1 aromatic carbocycles. The van der Waals surface area contributed by atoms with Gasteiger partial charge in [-0.15, -0.1) is 24.6 Å². The molecule has 0 unspecified atom stereocenters. The minimum atomic E-state index is 0.776. The highest BCUT2D eigenvalue weighted by molar-refractivity contribution is 8.13. The summed E-state index contributed by atoms with van der Waals surface area (Å²) in [5, 5.41) is 1.08. The first-order valence-electron chi connectivity index (χ1n) is 8.67. The van der Waals surface area contributed by atoms with E-state index in [2.05, 4.69) is 38.6 Å². The number of aliphatic imine (C=N–C) groups is 1. The quantitative estimate of drug-likeness (QED) is 0.367. The van der Waals surface area contributed by atoms with Crippen LogP contribution in [0.5, 0.6) is 11.5 Å². The molecule has 144 valence electrons. The summed E-state index contributed by atoms with van der Waals surface area (Å²) in [6, 6.07) is 5.97. The number of aryl methyl sites for hydroxylation is 2. The summed E-state index contributed by atoms with van der Waals surface area (Å²) in [4.78, 5) is 9.40. The average Bonchev–Trinajstić information content (AvgIpc) is 2.69. The molecule has 0 radical (unpaired) electrons. The van der Waals surface area contributed by atoms with Gasteiger partial charge in [0, 0.05) is 29.1 Å². The summed E-state index contributed by atoms with van der Waals surface area (Å²) in [6.45, 7) is 8.26. The van der Waals surface area contributed by atoms with Crippen molar-refractivity contribution in [1.29, 1.82) is 0 Å². The normalized spacial score (nSPS) is 10.7. The second kappa shape index (κ2) is 11.3. The molecule has 0 aliphatic rings. The molecule has 1 heterocycles. The third-order valence-electron chi connectivity index (χ3n) is 4.09. The highest BCUT2D eigenvalue weighted by atomic mass is 32.2. The van der Waals surface area contributed by atoms with Crippen molar-refractivity contribution < 1.29 is 9.47 Å². The topological polar surface area (TPSA) is 43.7 Å². The highest BCUT2D eigenvalue weighted by Crippen LogP contribution is 2.29. The maximum absolute atomic E-state index is 5.49. The lowest BCUT2D eigenvalue weighted by Crippen LogP contribution is -2.00. The minimum absolute atomic E-state index is 0.776. The smallest absolute Gasteiger partial charge is 0.128 e. The number of hydrogen-bond acceptors (Lipinski definition) is 5. The molecule has 0 N–H and O–H groups in total. The molecular formula is C22H28N2O2S. The number of terminal acetylenes is 1. The summed E-state index contributed by atoms with van der Waals surface area (Å²) < 4.78 is 10.8. The first kappa shape index (κ1) is 22.6. The van der Waals surface area contributed by atoms with Crippen LogP contribution in [0, 0.1) is 33.6 Å². The number of rotatable bonds is 6. The van der Waals surface area contributed by atoms with Crippen molar-refractivity contribution in [2.45, 2.75) is 39.9 Å². The van der Waals surface area contributed by atoms with Gasteiger partial charge >= 0.3 is 0 Å². The summed E-state index contributed by atoms with van der Waals surface area (Å²) >= 11 is 1.72. The van der Waals surface area contributed by atoms with Gasteiger partial charge in [-0.05, 0) is 38.8 Å². The van der Waals surface area contributed by atoms with E-state index in [9.17, 15) is 0 Å². The molecule has 0 amide bonds. The van der Waals surface area contributed by atoms with Gasteiger partial charge in [-0.1, -0.05) is 13.0 Å². The van der Waals surface area contributed by atoms with Crippen LogP contribution in [0.25, 0.3) is 0 Å². The number of pyridine rings is 1. The Morgan fingerprint density at radius 2 is 1.81 bits per heavy atom. The summed E-state index contributed by atoms with van der Waals surface area (Å²) in [5.41, 5.74) is 5.29. The van der Waals surface area contributed by atoms with E-state index in [1.807, 2.05) is 31.3 Å². The largest absolute Gasteiger partial charge is 0.497 e. The van der Waals surface area contributed by atoms with Crippen molar-refractivity contribution in [2.75, 3.05) is 14.2 Å². The number of ether oxygens (including phenoxy) is 2. The predicted octanol–water partition coefficient (Wildman–Crippen LogP) is 5.65. The van der Waals surface area contributed by atoms with E-state index in [-0.39, 0.29) is 0 Å². The van der Waals surface area contributed by atoms with Crippen LogP contribution < -0.4 is 9.47 Å². The van der Waals surface area contributed by atoms with Gasteiger partial charge in [0.2, 0.25) is 0 Å². The fourth-order valence-corrected chi connectivity index (χ4v) is 3.51. The zero-order chi connectivity index (χ0) is 20.4. The summed E-state index contributed by atoms with van der Waals surface area (Å²) in [6.07, 6.45) is 10.8. The molecule has 1 aromatic heterocycles. The number of hydrogen-bond donors (Lipinski definition) is 0. The van der Waals surface area contributed by atoms with Gasteiger partial charge in [-0.2, -0.15) is 0 Å². The van der Waals surface area contributed by atoms with Crippen molar-refractivity contribution in [2.24, 2.45) is 4.99 Å². The van der Waals surface area contributed by atoms with Gasteiger partial charge < -0.3 is 9.47 Å². The lowest BCUT2D eigenvalue weighted by atomic mass is 10.1. The second-order valence-electron chi connectivity index (χ2n) is 5.85. The van der Waals surface area contributed by atoms with Crippen molar-refractivity contribution in [1.82, 2.24) is 4.98 Å². The van der Waals surface area contributed by atoms with Crippen LogP contribution >= 0.6 is 11.8 Å². The Bertz CT molecular complexity index is 813. The fraction of sp³-hybridized carbons (Fsp3) is 0.364. The van der Waals surface area contributed by atoms with Crippen molar-refractivity contribution in [3.63, 3.8) is 0 Å². The van der Waals surface area contributed by atoms with Crippen LogP contribution in [0.2, 0.25) is 0 Å². The molecule has 2 rings (SSSR count). The van der Waals surface area contributed by atoms with Crippen LogP contribution in [-0.2, 0) is 5.75 Å². The molecule has 0 spiro atoms. The molecule has 0 aliphatic heterocycles. The zero-order valence-corrected chi connectivity index (χ0v) is 17.8. The Morgan fingerprint density at radius 3 is 2.41 bits per heavy atom. The molecule has 27 heavy (non-hydrogen) atoms. The zero-order valence-electron chi connectivity index (χ0n) is 17.0. The van der Waals surface area contributed by atoms with Crippen LogP contribution in [0.4, 0.5) is 5.69 Å². The van der Waals surface area contributed by atoms with Gasteiger partial charge in [0.25, 0.3) is 0 Å². The van der Waals surface area contributed by atoms with E-state index in [4.69, 9.17) is 14.5 Å².